The summed E-state index contributed by atoms with van der Waals surface area (Å²) in [7, 11) is 0. The Morgan fingerprint density at radius 3 is 2.54 bits per heavy atom. The molecule has 24 heavy (non-hydrogen) atoms. The summed E-state index contributed by atoms with van der Waals surface area (Å²) >= 11 is 0. The van der Waals surface area contributed by atoms with Gasteiger partial charge >= 0.3 is 0 Å². The highest BCUT2D eigenvalue weighted by atomic mass is 19.1. The number of ether oxygens (including phenoxy) is 1. The van der Waals surface area contributed by atoms with Gasteiger partial charge in [-0.15, -0.1) is 0 Å². The molecule has 5 heteroatoms. The smallest absolute Gasteiger partial charge is 0.133 e. The van der Waals surface area contributed by atoms with Crippen LogP contribution in [0.4, 0.5) is 10.2 Å². The van der Waals surface area contributed by atoms with Crippen LogP contribution in [0.3, 0.4) is 0 Å². The second-order valence-electron chi connectivity index (χ2n) is 6.77. The summed E-state index contributed by atoms with van der Waals surface area (Å²) in [5, 5.41) is 0. The van der Waals surface area contributed by atoms with Crippen LogP contribution in [0.2, 0.25) is 0 Å². The summed E-state index contributed by atoms with van der Waals surface area (Å²) in [6.07, 6.45) is -0.0151. The fourth-order valence-electron chi connectivity index (χ4n) is 2.99. The Hall–Kier alpha value is -2.01. The predicted molar refractivity (Wildman–Crippen MR) is 92.8 cm³/mol. The standard InChI is InChI=1S/C19H24FN3O/c1-12(2)19-21-13(3)9-18(22-19)23-10-14(4)24-17(11-23)15-5-7-16(20)8-6-15/h5-9,12,14,17H,10-11H2,1-4H3. The molecule has 4 nitrogen and oxygen atoms in total. The van der Waals surface area contributed by atoms with Gasteiger partial charge in [-0.3, -0.25) is 0 Å². The molecule has 2 aromatic rings. The molecule has 3 rings (SSSR count). The number of rotatable bonds is 3. The molecule has 0 amide bonds. The van der Waals surface area contributed by atoms with Gasteiger partial charge < -0.3 is 9.64 Å². The maximum atomic E-state index is 13.2. The first-order valence-corrected chi connectivity index (χ1v) is 8.44. The fourth-order valence-corrected chi connectivity index (χ4v) is 2.99. The van der Waals surface area contributed by atoms with Gasteiger partial charge in [0.15, 0.2) is 0 Å². The zero-order valence-electron chi connectivity index (χ0n) is 14.7. The van der Waals surface area contributed by atoms with Crippen LogP contribution in [0.25, 0.3) is 0 Å². The molecule has 2 atom stereocenters. The van der Waals surface area contributed by atoms with E-state index in [1.807, 2.05) is 13.0 Å². The van der Waals surface area contributed by atoms with Gasteiger partial charge in [-0.2, -0.15) is 0 Å². The molecule has 0 bridgehead atoms. The van der Waals surface area contributed by atoms with Crippen LogP contribution in [-0.4, -0.2) is 29.2 Å². The Morgan fingerprint density at radius 2 is 1.88 bits per heavy atom. The van der Waals surface area contributed by atoms with E-state index in [0.717, 1.165) is 29.4 Å². The van der Waals surface area contributed by atoms with Crippen molar-refractivity contribution in [3.63, 3.8) is 0 Å². The molecule has 2 unspecified atom stereocenters. The third-order valence-corrected chi connectivity index (χ3v) is 4.20. The van der Waals surface area contributed by atoms with E-state index >= 15 is 0 Å². The van der Waals surface area contributed by atoms with Crippen molar-refractivity contribution in [2.24, 2.45) is 0 Å². The lowest BCUT2D eigenvalue weighted by atomic mass is 10.1. The number of aromatic nitrogens is 2. The van der Waals surface area contributed by atoms with Gasteiger partial charge in [0.1, 0.15) is 23.6 Å². The average Bonchev–Trinajstić information content (AvgIpc) is 2.54. The van der Waals surface area contributed by atoms with Crippen LogP contribution in [0.15, 0.2) is 30.3 Å². The lowest BCUT2D eigenvalue weighted by molar-refractivity contribution is -0.0176. The van der Waals surface area contributed by atoms with Gasteiger partial charge in [0.25, 0.3) is 0 Å². The van der Waals surface area contributed by atoms with Crippen LogP contribution < -0.4 is 4.90 Å². The van der Waals surface area contributed by atoms with Crippen molar-refractivity contribution in [3.8, 4) is 0 Å². The van der Waals surface area contributed by atoms with E-state index in [-0.39, 0.29) is 23.9 Å². The molecule has 128 valence electrons. The quantitative estimate of drug-likeness (QED) is 0.853. The van der Waals surface area contributed by atoms with Crippen molar-refractivity contribution in [1.82, 2.24) is 9.97 Å². The lowest BCUT2D eigenvalue weighted by Crippen LogP contribution is -2.43. The number of morpholine rings is 1. The van der Waals surface area contributed by atoms with Crippen molar-refractivity contribution < 1.29 is 9.13 Å². The van der Waals surface area contributed by atoms with E-state index in [1.54, 1.807) is 12.1 Å². The molecule has 0 radical (unpaired) electrons. The number of benzene rings is 1. The van der Waals surface area contributed by atoms with Crippen LogP contribution in [0.5, 0.6) is 0 Å². The van der Waals surface area contributed by atoms with Crippen LogP contribution in [-0.2, 0) is 4.74 Å². The Morgan fingerprint density at radius 1 is 1.17 bits per heavy atom. The van der Waals surface area contributed by atoms with Gasteiger partial charge in [0.05, 0.1) is 6.10 Å². The first kappa shape index (κ1) is 16.8. The topological polar surface area (TPSA) is 38.2 Å². The first-order valence-electron chi connectivity index (χ1n) is 8.44. The highest BCUT2D eigenvalue weighted by Gasteiger charge is 2.28. The van der Waals surface area contributed by atoms with Gasteiger partial charge in [-0.05, 0) is 31.5 Å². The third-order valence-electron chi connectivity index (χ3n) is 4.20. The van der Waals surface area contributed by atoms with E-state index in [2.05, 4.69) is 30.7 Å². The van der Waals surface area contributed by atoms with Crippen molar-refractivity contribution in [3.05, 3.63) is 53.2 Å². The summed E-state index contributed by atoms with van der Waals surface area (Å²) in [5.41, 5.74) is 1.96. The monoisotopic (exact) mass is 329 g/mol. The number of halogens is 1. The van der Waals surface area contributed by atoms with Gasteiger partial charge in [0.2, 0.25) is 0 Å². The summed E-state index contributed by atoms with van der Waals surface area (Å²) in [6, 6.07) is 8.57. The number of hydrogen-bond donors (Lipinski definition) is 0. The molecule has 0 aliphatic carbocycles. The highest BCUT2D eigenvalue weighted by molar-refractivity contribution is 5.41. The summed E-state index contributed by atoms with van der Waals surface area (Å²) in [4.78, 5) is 11.5. The highest BCUT2D eigenvalue weighted by Crippen LogP contribution is 2.28. The van der Waals surface area contributed by atoms with Gasteiger partial charge in [-0.1, -0.05) is 26.0 Å². The number of nitrogens with zero attached hydrogens (tertiary/aromatic N) is 3. The molecular formula is C19H24FN3O. The minimum atomic E-state index is -0.229. The second kappa shape index (κ2) is 6.85. The van der Waals surface area contributed by atoms with Gasteiger partial charge in [0, 0.05) is 30.8 Å². The van der Waals surface area contributed by atoms with E-state index in [0.29, 0.717) is 6.54 Å². The van der Waals surface area contributed by atoms with Crippen LogP contribution >= 0.6 is 0 Å². The molecule has 0 spiro atoms. The minimum absolute atomic E-state index is 0.0755. The van der Waals surface area contributed by atoms with Crippen LogP contribution in [0.1, 0.15) is 49.9 Å². The molecule has 1 fully saturated rings. The van der Waals surface area contributed by atoms with Crippen molar-refractivity contribution >= 4 is 5.82 Å². The molecule has 1 aliphatic rings. The average molecular weight is 329 g/mol. The third kappa shape index (κ3) is 3.73. The Bertz CT molecular complexity index is 702. The number of anilines is 1. The number of aryl methyl sites for hydroxylation is 1. The molecule has 0 saturated carbocycles. The molecule has 2 heterocycles. The first-order chi connectivity index (χ1) is 11.4. The lowest BCUT2D eigenvalue weighted by Gasteiger charge is -2.38. The maximum absolute atomic E-state index is 13.2. The van der Waals surface area contributed by atoms with E-state index in [9.17, 15) is 4.39 Å². The summed E-state index contributed by atoms with van der Waals surface area (Å²) in [6.45, 7) is 9.73. The second-order valence-corrected chi connectivity index (χ2v) is 6.77. The van der Waals surface area contributed by atoms with Crippen molar-refractivity contribution in [1.29, 1.82) is 0 Å². The van der Waals surface area contributed by atoms with E-state index in [1.165, 1.54) is 12.1 Å². The SMILES string of the molecule is Cc1cc(N2CC(C)OC(c3ccc(F)cc3)C2)nc(C(C)C)n1. The normalized spacial score (nSPS) is 21.3. The summed E-state index contributed by atoms with van der Waals surface area (Å²) < 4.78 is 19.2. The molecule has 1 aromatic heterocycles. The van der Waals surface area contributed by atoms with Crippen molar-refractivity contribution in [2.45, 2.75) is 45.8 Å². The Labute approximate surface area is 142 Å². The van der Waals surface area contributed by atoms with E-state index < -0.39 is 0 Å². The molecule has 0 N–H and O–H groups in total. The minimum Gasteiger partial charge on any atom is -0.367 e. The zero-order valence-corrected chi connectivity index (χ0v) is 14.7. The van der Waals surface area contributed by atoms with Crippen molar-refractivity contribution in [2.75, 3.05) is 18.0 Å². The molecular weight excluding hydrogens is 305 g/mol. The largest absolute Gasteiger partial charge is 0.367 e. The molecule has 1 aromatic carbocycles. The fraction of sp³-hybridized carbons (Fsp3) is 0.474. The van der Waals surface area contributed by atoms with E-state index in [4.69, 9.17) is 9.72 Å². The number of hydrogen-bond acceptors (Lipinski definition) is 4. The summed E-state index contributed by atoms with van der Waals surface area (Å²) in [5.74, 6) is 1.86. The Balaban J connectivity index is 1.87. The Kier molecular flexibility index (Phi) is 4.81. The zero-order chi connectivity index (χ0) is 17.3. The predicted octanol–water partition coefficient (Wildman–Crippen LogP) is 4.01. The maximum Gasteiger partial charge on any atom is 0.133 e. The van der Waals surface area contributed by atoms with Crippen LogP contribution in [0, 0.1) is 12.7 Å². The van der Waals surface area contributed by atoms with Gasteiger partial charge in [-0.25, -0.2) is 14.4 Å². The molecule has 1 saturated heterocycles. The molecule has 1 aliphatic heterocycles.